The molecule has 1 saturated heterocycles. The number of H-pyrrole nitrogens is 2. The lowest BCUT2D eigenvalue weighted by Crippen LogP contribution is -2.35. The van der Waals surface area contributed by atoms with Crippen LogP contribution in [0, 0.1) is 0 Å². The summed E-state index contributed by atoms with van der Waals surface area (Å²) in [5.41, 5.74) is 4.34. The molecule has 31 heavy (non-hydrogen) atoms. The van der Waals surface area contributed by atoms with Crippen LogP contribution in [0.3, 0.4) is 0 Å². The van der Waals surface area contributed by atoms with Gasteiger partial charge in [-0.25, -0.2) is 4.68 Å². The fourth-order valence-electron chi connectivity index (χ4n) is 4.82. The summed E-state index contributed by atoms with van der Waals surface area (Å²) in [7, 11) is 0. The van der Waals surface area contributed by atoms with E-state index in [0.29, 0.717) is 22.9 Å². The summed E-state index contributed by atoms with van der Waals surface area (Å²) in [6.45, 7) is 10.1. The maximum atomic E-state index is 12.7. The first-order valence-corrected chi connectivity index (χ1v) is 11.2. The summed E-state index contributed by atoms with van der Waals surface area (Å²) in [5.74, 6) is 1.15. The standard InChI is InChI=1S/C24H30N6O/c1-5-15-7-6-8-17-18(13-25-20(15)17)16-9-11-29(12-10-16)23-27-21-19(22(31)28-23)14-26-30(21)24(2,3)4/h6-8,13-14,16,25H,5,9-12H2,1-4H3,(H,27,28,31). The predicted molar refractivity (Wildman–Crippen MR) is 125 cm³/mol. The van der Waals surface area contributed by atoms with Gasteiger partial charge in [-0.2, -0.15) is 10.1 Å². The minimum atomic E-state index is -0.237. The normalized spacial score (nSPS) is 15.9. The summed E-state index contributed by atoms with van der Waals surface area (Å²) in [6.07, 6.45) is 6.90. The second-order valence-electron chi connectivity index (χ2n) is 9.55. The molecule has 0 aliphatic carbocycles. The Balaban J connectivity index is 1.41. The van der Waals surface area contributed by atoms with E-state index in [9.17, 15) is 4.79 Å². The zero-order valence-corrected chi connectivity index (χ0v) is 18.7. The van der Waals surface area contributed by atoms with E-state index in [-0.39, 0.29) is 11.1 Å². The average molecular weight is 419 g/mol. The molecule has 0 spiro atoms. The summed E-state index contributed by atoms with van der Waals surface area (Å²) >= 11 is 0. The van der Waals surface area contributed by atoms with Gasteiger partial charge in [-0.05, 0) is 57.1 Å². The first kappa shape index (κ1) is 19.8. The highest BCUT2D eigenvalue weighted by Gasteiger charge is 2.26. The van der Waals surface area contributed by atoms with Gasteiger partial charge < -0.3 is 9.88 Å². The van der Waals surface area contributed by atoms with Crippen LogP contribution in [-0.4, -0.2) is 37.8 Å². The number of rotatable bonds is 3. The molecule has 7 nitrogen and oxygen atoms in total. The van der Waals surface area contributed by atoms with Crippen molar-refractivity contribution >= 4 is 27.9 Å². The van der Waals surface area contributed by atoms with Crippen molar-refractivity contribution in [2.45, 2.75) is 58.4 Å². The van der Waals surface area contributed by atoms with Gasteiger partial charge in [-0.3, -0.25) is 9.78 Å². The van der Waals surface area contributed by atoms with Gasteiger partial charge in [0.25, 0.3) is 5.56 Å². The molecule has 7 heteroatoms. The number of aromatic amines is 2. The van der Waals surface area contributed by atoms with E-state index in [1.807, 2.05) is 4.68 Å². The predicted octanol–water partition coefficient (Wildman–Crippen LogP) is 4.30. The molecule has 0 radical (unpaired) electrons. The molecule has 3 aromatic heterocycles. The van der Waals surface area contributed by atoms with E-state index in [1.54, 1.807) is 6.20 Å². The number of aromatic nitrogens is 5. The lowest BCUT2D eigenvalue weighted by atomic mass is 9.89. The van der Waals surface area contributed by atoms with Gasteiger partial charge in [-0.15, -0.1) is 0 Å². The average Bonchev–Trinajstić information content (AvgIpc) is 3.38. The molecule has 1 aromatic carbocycles. The quantitative estimate of drug-likeness (QED) is 0.520. The van der Waals surface area contributed by atoms with Crippen LogP contribution in [0.1, 0.15) is 57.6 Å². The number of fused-ring (bicyclic) bond motifs is 2. The lowest BCUT2D eigenvalue weighted by Gasteiger charge is -2.32. The van der Waals surface area contributed by atoms with E-state index in [2.05, 4.69) is 72.1 Å². The van der Waals surface area contributed by atoms with Crippen molar-refractivity contribution in [1.82, 2.24) is 24.7 Å². The van der Waals surface area contributed by atoms with Crippen LogP contribution in [0.25, 0.3) is 21.9 Å². The van der Waals surface area contributed by atoms with Crippen LogP contribution in [0.4, 0.5) is 5.95 Å². The fraction of sp³-hybridized carbons (Fsp3) is 0.458. The number of hydrogen-bond acceptors (Lipinski definition) is 4. The molecular formula is C24H30N6O. The van der Waals surface area contributed by atoms with Crippen LogP contribution in [0.5, 0.6) is 0 Å². The Morgan fingerprint density at radius 2 is 1.94 bits per heavy atom. The second kappa shape index (κ2) is 7.25. The molecule has 0 bridgehead atoms. The van der Waals surface area contributed by atoms with Gasteiger partial charge in [-0.1, -0.05) is 25.1 Å². The van der Waals surface area contributed by atoms with Gasteiger partial charge in [0.2, 0.25) is 5.95 Å². The molecular weight excluding hydrogens is 388 g/mol. The Morgan fingerprint density at radius 1 is 1.16 bits per heavy atom. The number of hydrogen-bond donors (Lipinski definition) is 2. The molecule has 4 aromatic rings. The van der Waals surface area contributed by atoms with E-state index >= 15 is 0 Å². The maximum absolute atomic E-state index is 12.7. The monoisotopic (exact) mass is 418 g/mol. The van der Waals surface area contributed by atoms with E-state index < -0.39 is 0 Å². The van der Waals surface area contributed by atoms with Gasteiger partial charge in [0.15, 0.2) is 5.65 Å². The number of nitrogens with zero attached hydrogens (tertiary/aromatic N) is 4. The molecule has 5 rings (SSSR count). The van der Waals surface area contributed by atoms with Gasteiger partial charge >= 0.3 is 0 Å². The first-order chi connectivity index (χ1) is 14.9. The van der Waals surface area contributed by atoms with Crippen LogP contribution < -0.4 is 10.5 Å². The van der Waals surface area contributed by atoms with Gasteiger partial charge in [0.1, 0.15) is 5.39 Å². The summed E-state index contributed by atoms with van der Waals surface area (Å²) in [4.78, 5) is 26.2. The lowest BCUT2D eigenvalue weighted by molar-refractivity contribution is 0.365. The Labute approximate surface area is 181 Å². The van der Waals surface area contributed by atoms with Crippen molar-refractivity contribution in [2.24, 2.45) is 0 Å². The minimum Gasteiger partial charge on any atom is -0.361 e. The van der Waals surface area contributed by atoms with Gasteiger partial charge in [0.05, 0.1) is 11.7 Å². The third kappa shape index (κ3) is 3.32. The molecule has 0 unspecified atom stereocenters. The van der Waals surface area contributed by atoms with Crippen LogP contribution in [0.15, 0.2) is 35.4 Å². The highest BCUT2D eigenvalue weighted by atomic mass is 16.1. The summed E-state index contributed by atoms with van der Waals surface area (Å²) < 4.78 is 1.84. The van der Waals surface area contributed by atoms with Crippen molar-refractivity contribution in [2.75, 3.05) is 18.0 Å². The highest BCUT2D eigenvalue weighted by Crippen LogP contribution is 2.35. The summed E-state index contributed by atoms with van der Waals surface area (Å²) in [5, 5.41) is 6.30. The molecule has 1 aliphatic rings. The molecule has 0 atom stereocenters. The number of aryl methyl sites for hydroxylation is 1. The van der Waals surface area contributed by atoms with E-state index in [4.69, 9.17) is 4.98 Å². The number of benzene rings is 1. The molecule has 4 heterocycles. The van der Waals surface area contributed by atoms with Gasteiger partial charge in [0, 0.05) is 30.2 Å². The topological polar surface area (TPSA) is 82.6 Å². The smallest absolute Gasteiger partial charge is 0.263 e. The summed E-state index contributed by atoms with van der Waals surface area (Å²) in [6, 6.07) is 6.59. The zero-order chi connectivity index (χ0) is 21.8. The molecule has 162 valence electrons. The van der Waals surface area contributed by atoms with Crippen molar-refractivity contribution < 1.29 is 0 Å². The largest absolute Gasteiger partial charge is 0.361 e. The minimum absolute atomic E-state index is 0.124. The van der Waals surface area contributed by atoms with E-state index in [0.717, 1.165) is 32.4 Å². The third-order valence-corrected chi connectivity index (χ3v) is 6.51. The molecule has 0 amide bonds. The SMILES string of the molecule is CCc1cccc2c(C3CCN(c4nc5c(cnn5C(C)(C)C)c(=O)[nH]4)CC3)c[nH]c12. The molecule has 2 N–H and O–H groups in total. The Bertz CT molecular complexity index is 1300. The fourth-order valence-corrected chi connectivity index (χ4v) is 4.82. The maximum Gasteiger partial charge on any atom is 0.263 e. The highest BCUT2D eigenvalue weighted by molar-refractivity contribution is 5.86. The Morgan fingerprint density at radius 3 is 2.65 bits per heavy atom. The number of piperidine rings is 1. The first-order valence-electron chi connectivity index (χ1n) is 11.2. The Kier molecular flexibility index (Phi) is 4.64. The molecule has 0 saturated carbocycles. The van der Waals surface area contributed by atoms with Crippen LogP contribution in [0.2, 0.25) is 0 Å². The zero-order valence-electron chi connectivity index (χ0n) is 18.7. The molecule has 1 aliphatic heterocycles. The second-order valence-corrected chi connectivity index (χ2v) is 9.55. The number of nitrogens with one attached hydrogen (secondary N) is 2. The van der Waals surface area contributed by atoms with Crippen molar-refractivity contribution in [1.29, 1.82) is 0 Å². The van der Waals surface area contributed by atoms with Crippen LogP contribution >= 0.6 is 0 Å². The van der Waals surface area contributed by atoms with Crippen molar-refractivity contribution in [3.05, 3.63) is 52.1 Å². The number of para-hydroxylation sites is 1. The van der Waals surface area contributed by atoms with Crippen molar-refractivity contribution in [3.63, 3.8) is 0 Å². The Hall–Kier alpha value is -3.09. The van der Waals surface area contributed by atoms with E-state index in [1.165, 1.54) is 22.0 Å². The van der Waals surface area contributed by atoms with Crippen LogP contribution in [-0.2, 0) is 12.0 Å². The van der Waals surface area contributed by atoms with Crippen molar-refractivity contribution in [3.8, 4) is 0 Å². The molecule has 1 fully saturated rings. The number of anilines is 1. The third-order valence-electron chi connectivity index (χ3n) is 6.51.